The highest BCUT2D eigenvalue weighted by Crippen LogP contribution is 2.29. The molecule has 0 unspecified atom stereocenters. The molecule has 1 heterocycles. The number of nitrogens with zero attached hydrogens (tertiary/aromatic N) is 1. The minimum atomic E-state index is 0.481. The van der Waals surface area contributed by atoms with Crippen molar-refractivity contribution in [3.63, 3.8) is 0 Å². The van der Waals surface area contributed by atoms with E-state index < -0.39 is 0 Å². The zero-order valence-corrected chi connectivity index (χ0v) is 10.00. The van der Waals surface area contributed by atoms with Crippen molar-refractivity contribution in [1.82, 2.24) is 4.98 Å². The second-order valence-electron chi connectivity index (χ2n) is 3.57. The first kappa shape index (κ1) is 11.2. The van der Waals surface area contributed by atoms with Crippen LogP contribution in [0.15, 0.2) is 52.4 Å². The first-order valence-corrected chi connectivity index (χ1v) is 6.00. The van der Waals surface area contributed by atoms with Gasteiger partial charge in [-0.25, -0.2) is 0 Å². The standard InChI is InChI=1S/C13H14N2S/c1-10-4-6-11(7-5-10)16-13-3-2-8-15-12(13)9-14/h2-8H,9,14H2,1H3. The molecule has 0 aliphatic carbocycles. The van der Waals surface area contributed by atoms with Crippen LogP contribution in [0, 0.1) is 6.92 Å². The molecule has 0 aliphatic heterocycles. The van der Waals surface area contributed by atoms with Gasteiger partial charge < -0.3 is 5.73 Å². The summed E-state index contributed by atoms with van der Waals surface area (Å²) in [5, 5.41) is 0. The third kappa shape index (κ3) is 2.62. The van der Waals surface area contributed by atoms with Gasteiger partial charge in [-0.2, -0.15) is 0 Å². The van der Waals surface area contributed by atoms with E-state index in [-0.39, 0.29) is 0 Å². The lowest BCUT2D eigenvalue weighted by Gasteiger charge is -2.06. The third-order valence-electron chi connectivity index (χ3n) is 2.29. The van der Waals surface area contributed by atoms with Crippen LogP contribution >= 0.6 is 11.8 Å². The normalized spacial score (nSPS) is 10.4. The van der Waals surface area contributed by atoms with Crippen LogP contribution in [0.1, 0.15) is 11.3 Å². The number of hydrogen-bond acceptors (Lipinski definition) is 3. The van der Waals surface area contributed by atoms with Crippen LogP contribution < -0.4 is 5.73 Å². The molecule has 0 aliphatic rings. The monoisotopic (exact) mass is 230 g/mol. The number of nitrogens with two attached hydrogens (primary N) is 1. The summed E-state index contributed by atoms with van der Waals surface area (Å²) < 4.78 is 0. The Bertz CT molecular complexity index is 466. The summed E-state index contributed by atoms with van der Waals surface area (Å²) in [5.41, 5.74) is 7.88. The van der Waals surface area contributed by atoms with E-state index in [0.29, 0.717) is 6.54 Å². The van der Waals surface area contributed by atoms with Gasteiger partial charge in [0.1, 0.15) is 0 Å². The molecule has 3 heteroatoms. The zero-order valence-electron chi connectivity index (χ0n) is 9.18. The molecule has 0 bridgehead atoms. The Kier molecular flexibility index (Phi) is 3.59. The van der Waals surface area contributed by atoms with E-state index in [9.17, 15) is 0 Å². The molecule has 1 aromatic carbocycles. The summed E-state index contributed by atoms with van der Waals surface area (Å²) >= 11 is 1.70. The van der Waals surface area contributed by atoms with Gasteiger partial charge in [0, 0.05) is 22.5 Å². The molecule has 2 aromatic rings. The number of hydrogen-bond donors (Lipinski definition) is 1. The smallest absolute Gasteiger partial charge is 0.0678 e. The Labute approximate surface area is 99.9 Å². The second kappa shape index (κ2) is 5.14. The van der Waals surface area contributed by atoms with Crippen LogP contribution in [0.25, 0.3) is 0 Å². The van der Waals surface area contributed by atoms with Crippen molar-refractivity contribution in [3.05, 3.63) is 53.9 Å². The minimum Gasteiger partial charge on any atom is -0.325 e. The van der Waals surface area contributed by atoms with Crippen LogP contribution in [0.4, 0.5) is 0 Å². The number of rotatable bonds is 3. The molecule has 0 atom stereocenters. The Morgan fingerprint density at radius 1 is 1.19 bits per heavy atom. The molecular formula is C13H14N2S. The van der Waals surface area contributed by atoms with Crippen LogP contribution in [0.3, 0.4) is 0 Å². The molecule has 2 N–H and O–H groups in total. The zero-order chi connectivity index (χ0) is 11.4. The van der Waals surface area contributed by atoms with E-state index in [4.69, 9.17) is 5.73 Å². The first-order chi connectivity index (χ1) is 7.79. The molecule has 0 radical (unpaired) electrons. The van der Waals surface area contributed by atoms with Gasteiger partial charge >= 0.3 is 0 Å². The van der Waals surface area contributed by atoms with Crippen molar-refractivity contribution in [2.24, 2.45) is 5.73 Å². The maximum Gasteiger partial charge on any atom is 0.0678 e. The van der Waals surface area contributed by atoms with Gasteiger partial charge in [-0.1, -0.05) is 29.5 Å². The summed E-state index contributed by atoms with van der Waals surface area (Å²) in [7, 11) is 0. The van der Waals surface area contributed by atoms with Crippen molar-refractivity contribution in [2.75, 3.05) is 0 Å². The van der Waals surface area contributed by atoms with Crippen molar-refractivity contribution in [3.8, 4) is 0 Å². The highest BCUT2D eigenvalue weighted by Gasteiger charge is 2.03. The van der Waals surface area contributed by atoms with Gasteiger partial charge in [0.2, 0.25) is 0 Å². The molecular weight excluding hydrogens is 216 g/mol. The molecule has 2 rings (SSSR count). The Balaban J connectivity index is 2.23. The van der Waals surface area contributed by atoms with Gasteiger partial charge in [-0.05, 0) is 31.2 Å². The topological polar surface area (TPSA) is 38.9 Å². The molecule has 16 heavy (non-hydrogen) atoms. The Hall–Kier alpha value is -1.32. The Morgan fingerprint density at radius 2 is 1.94 bits per heavy atom. The van der Waals surface area contributed by atoms with Gasteiger partial charge in [0.05, 0.1) is 5.69 Å². The highest BCUT2D eigenvalue weighted by atomic mass is 32.2. The number of pyridine rings is 1. The van der Waals surface area contributed by atoms with E-state index in [0.717, 1.165) is 10.6 Å². The summed E-state index contributed by atoms with van der Waals surface area (Å²) in [6, 6.07) is 12.5. The quantitative estimate of drug-likeness (QED) is 0.881. The fourth-order valence-electron chi connectivity index (χ4n) is 1.40. The lowest BCUT2D eigenvalue weighted by Crippen LogP contribution is -2.00. The average molecular weight is 230 g/mol. The van der Waals surface area contributed by atoms with Gasteiger partial charge in [-0.3, -0.25) is 4.98 Å². The minimum absolute atomic E-state index is 0.481. The van der Waals surface area contributed by atoms with Gasteiger partial charge in [0.15, 0.2) is 0 Å². The molecule has 1 aromatic heterocycles. The fourth-order valence-corrected chi connectivity index (χ4v) is 2.33. The Morgan fingerprint density at radius 3 is 2.62 bits per heavy atom. The van der Waals surface area contributed by atoms with Gasteiger partial charge in [0.25, 0.3) is 0 Å². The highest BCUT2D eigenvalue weighted by molar-refractivity contribution is 7.99. The van der Waals surface area contributed by atoms with Crippen LogP contribution in [-0.4, -0.2) is 4.98 Å². The summed E-state index contributed by atoms with van der Waals surface area (Å²) in [6.07, 6.45) is 1.78. The van der Waals surface area contributed by atoms with Crippen LogP contribution in [0.5, 0.6) is 0 Å². The van der Waals surface area contributed by atoms with Gasteiger partial charge in [-0.15, -0.1) is 0 Å². The molecule has 82 valence electrons. The molecule has 0 amide bonds. The van der Waals surface area contributed by atoms with Crippen molar-refractivity contribution >= 4 is 11.8 Å². The molecule has 0 saturated carbocycles. The predicted octanol–water partition coefficient (Wildman–Crippen LogP) is 3.00. The molecule has 0 spiro atoms. The van der Waals surface area contributed by atoms with Crippen molar-refractivity contribution in [2.45, 2.75) is 23.3 Å². The first-order valence-electron chi connectivity index (χ1n) is 5.18. The number of aromatic nitrogens is 1. The SMILES string of the molecule is Cc1ccc(Sc2cccnc2CN)cc1. The molecule has 0 saturated heterocycles. The van der Waals surface area contributed by atoms with Crippen molar-refractivity contribution < 1.29 is 0 Å². The number of aryl methyl sites for hydroxylation is 1. The van der Waals surface area contributed by atoms with Crippen LogP contribution in [-0.2, 0) is 6.54 Å². The summed E-state index contributed by atoms with van der Waals surface area (Å²) in [6.45, 7) is 2.57. The molecule has 2 nitrogen and oxygen atoms in total. The summed E-state index contributed by atoms with van der Waals surface area (Å²) in [5.74, 6) is 0. The maximum absolute atomic E-state index is 5.65. The lowest BCUT2D eigenvalue weighted by molar-refractivity contribution is 0.944. The van der Waals surface area contributed by atoms with E-state index in [1.54, 1.807) is 18.0 Å². The molecule has 0 fully saturated rings. The maximum atomic E-state index is 5.65. The fraction of sp³-hybridized carbons (Fsp3) is 0.154. The van der Waals surface area contributed by atoms with E-state index in [1.807, 2.05) is 6.07 Å². The number of benzene rings is 1. The van der Waals surface area contributed by atoms with E-state index in [1.165, 1.54) is 10.5 Å². The average Bonchev–Trinajstić information content (AvgIpc) is 2.33. The second-order valence-corrected chi connectivity index (χ2v) is 4.68. The van der Waals surface area contributed by atoms with E-state index >= 15 is 0 Å². The summed E-state index contributed by atoms with van der Waals surface area (Å²) in [4.78, 5) is 6.61. The largest absolute Gasteiger partial charge is 0.325 e. The van der Waals surface area contributed by atoms with E-state index in [2.05, 4.69) is 42.2 Å². The third-order valence-corrected chi connectivity index (χ3v) is 3.39. The predicted molar refractivity (Wildman–Crippen MR) is 67.4 cm³/mol. The van der Waals surface area contributed by atoms with Crippen LogP contribution in [0.2, 0.25) is 0 Å². The lowest BCUT2D eigenvalue weighted by atomic mass is 10.2. The van der Waals surface area contributed by atoms with Crippen molar-refractivity contribution in [1.29, 1.82) is 0 Å².